The van der Waals surface area contributed by atoms with Crippen LogP contribution in [0.1, 0.15) is 50.5 Å². The first-order chi connectivity index (χ1) is 12.1. The Bertz CT molecular complexity index is 715. The van der Waals surface area contributed by atoms with Crippen molar-refractivity contribution in [2.75, 3.05) is 13.2 Å². The molecule has 1 fully saturated rings. The van der Waals surface area contributed by atoms with Crippen LogP contribution in [0.4, 0.5) is 4.79 Å². The maximum atomic E-state index is 12.5. The lowest BCUT2D eigenvalue weighted by atomic mass is 9.98. The average molecular weight is 344 g/mol. The van der Waals surface area contributed by atoms with Gasteiger partial charge in [0.15, 0.2) is 0 Å². The fourth-order valence-corrected chi connectivity index (χ4v) is 3.44. The predicted molar refractivity (Wildman–Crippen MR) is 98.7 cm³/mol. The summed E-state index contributed by atoms with van der Waals surface area (Å²) >= 11 is 0. The van der Waals surface area contributed by atoms with Crippen LogP contribution >= 0.6 is 0 Å². The molecule has 1 aromatic heterocycles. The van der Waals surface area contributed by atoms with E-state index in [9.17, 15) is 4.79 Å². The number of hydrogen-bond acceptors (Lipinski definition) is 3. The van der Waals surface area contributed by atoms with Gasteiger partial charge in [-0.2, -0.15) is 0 Å². The van der Waals surface area contributed by atoms with E-state index in [2.05, 4.69) is 37.5 Å². The van der Waals surface area contributed by atoms with E-state index in [1.807, 2.05) is 18.2 Å². The second-order valence-corrected chi connectivity index (χ2v) is 7.17. The number of carbonyl (C=O) groups excluding carboxylic acids is 1. The summed E-state index contributed by atoms with van der Waals surface area (Å²) in [5, 5.41) is 7.32. The zero-order chi connectivity index (χ0) is 17.8. The van der Waals surface area contributed by atoms with Gasteiger partial charge in [-0.3, -0.25) is 0 Å². The predicted octanol–water partition coefficient (Wildman–Crippen LogP) is 4.31. The van der Waals surface area contributed by atoms with Gasteiger partial charge < -0.3 is 19.8 Å². The number of furan rings is 1. The maximum absolute atomic E-state index is 12.5. The van der Waals surface area contributed by atoms with Crippen LogP contribution in [0.25, 0.3) is 11.0 Å². The van der Waals surface area contributed by atoms with Gasteiger partial charge in [0.25, 0.3) is 0 Å². The Morgan fingerprint density at radius 1 is 1.20 bits per heavy atom. The number of hydrogen-bond donors (Lipinski definition) is 2. The Kier molecular flexibility index (Phi) is 5.63. The van der Waals surface area contributed by atoms with Gasteiger partial charge in [0.05, 0.1) is 6.04 Å². The maximum Gasteiger partial charge on any atom is 0.315 e. The summed E-state index contributed by atoms with van der Waals surface area (Å²) in [7, 11) is 0. The van der Waals surface area contributed by atoms with Crippen LogP contribution < -0.4 is 10.6 Å². The topological polar surface area (TPSA) is 63.5 Å². The number of nitrogens with one attached hydrogen (secondary N) is 2. The standard InChI is InChI=1S/C20H28N2O3/c1-13(2)18(19-14(3)16-8-4-5-9-17(16)25-19)22-20(23)21-15-7-6-11-24-12-10-15/h4-5,8-9,13,15,18H,6-7,10-12H2,1-3H3,(H2,21,22,23)/t15?,18-/m1/s1. The van der Waals surface area contributed by atoms with Gasteiger partial charge in [-0.05, 0) is 38.2 Å². The molecule has 0 saturated carbocycles. The normalized spacial score (nSPS) is 19.6. The summed E-state index contributed by atoms with van der Waals surface area (Å²) < 4.78 is 11.5. The molecule has 5 nitrogen and oxygen atoms in total. The first kappa shape index (κ1) is 17.8. The van der Waals surface area contributed by atoms with Crippen LogP contribution in [0, 0.1) is 12.8 Å². The average Bonchev–Trinajstić information content (AvgIpc) is 2.75. The van der Waals surface area contributed by atoms with E-state index in [-0.39, 0.29) is 24.0 Å². The van der Waals surface area contributed by atoms with Crippen LogP contribution in [0.15, 0.2) is 28.7 Å². The number of benzene rings is 1. The number of carbonyl (C=O) groups is 1. The molecule has 2 aromatic rings. The highest BCUT2D eigenvalue weighted by atomic mass is 16.5. The molecule has 0 radical (unpaired) electrons. The van der Waals surface area contributed by atoms with Crippen LogP contribution in [-0.4, -0.2) is 25.3 Å². The SMILES string of the molecule is Cc1c([C@H](NC(=O)NC2CCCOCC2)C(C)C)oc2ccccc12. The largest absolute Gasteiger partial charge is 0.459 e. The monoisotopic (exact) mass is 344 g/mol. The summed E-state index contributed by atoms with van der Waals surface area (Å²) in [5.41, 5.74) is 1.96. The van der Waals surface area contributed by atoms with Crippen LogP contribution in [-0.2, 0) is 4.74 Å². The molecule has 3 rings (SSSR count). The highest BCUT2D eigenvalue weighted by molar-refractivity contribution is 5.82. The summed E-state index contributed by atoms with van der Waals surface area (Å²) in [5.74, 6) is 1.07. The van der Waals surface area contributed by atoms with Gasteiger partial charge in [-0.1, -0.05) is 32.0 Å². The van der Waals surface area contributed by atoms with Crippen molar-refractivity contribution in [1.82, 2.24) is 10.6 Å². The van der Waals surface area contributed by atoms with E-state index < -0.39 is 0 Å². The summed E-state index contributed by atoms with van der Waals surface area (Å²) in [6.45, 7) is 7.74. The van der Waals surface area contributed by atoms with Crippen LogP contribution in [0.2, 0.25) is 0 Å². The number of ether oxygens (including phenoxy) is 1. The minimum Gasteiger partial charge on any atom is -0.459 e. The first-order valence-electron chi connectivity index (χ1n) is 9.19. The fraction of sp³-hybridized carbons (Fsp3) is 0.550. The van der Waals surface area contributed by atoms with Crippen molar-refractivity contribution in [2.45, 2.75) is 52.1 Å². The number of aryl methyl sites for hydroxylation is 1. The minimum atomic E-state index is -0.158. The van der Waals surface area contributed by atoms with E-state index in [0.29, 0.717) is 6.61 Å². The Hall–Kier alpha value is -2.01. The zero-order valence-corrected chi connectivity index (χ0v) is 15.3. The Morgan fingerprint density at radius 2 is 2.00 bits per heavy atom. The molecule has 136 valence electrons. The molecule has 1 aliphatic heterocycles. The molecule has 0 spiro atoms. The minimum absolute atomic E-state index is 0.134. The number of amides is 2. The van der Waals surface area contributed by atoms with E-state index in [1.165, 1.54) is 0 Å². The molecule has 1 aromatic carbocycles. The molecule has 2 N–H and O–H groups in total. The molecular weight excluding hydrogens is 316 g/mol. The first-order valence-corrected chi connectivity index (χ1v) is 9.19. The van der Waals surface area contributed by atoms with E-state index >= 15 is 0 Å². The fourth-order valence-electron chi connectivity index (χ4n) is 3.44. The molecule has 2 atom stereocenters. The molecule has 0 aliphatic carbocycles. The lowest BCUT2D eigenvalue weighted by Gasteiger charge is -2.23. The number of rotatable bonds is 4. The van der Waals surface area contributed by atoms with Crippen molar-refractivity contribution in [2.24, 2.45) is 5.92 Å². The Morgan fingerprint density at radius 3 is 2.76 bits per heavy atom. The van der Waals surface area contributed by atoms with Gasteiger partial charge in [-0.15, -0.1) is 0 Å². The second-order valence-electron chi connectivity index (χ2n) is 7.17. The van der Waals surface area contributed by atoms with E-state index in [0.717, 1.165) is 48.2 Å². The molecular formula is C20H28N2O3. The van der Waals surface area contributed by atoms with Gasteiger partial charge in [0.2, 0.25) is 0 Å². The van der Waals surface area contributed by atoms with Crippen molar-refractivity contribution in [3.05, 3.63) is 35.6 Å². The third-order valence-corrected chi connectivity index (χ3v) is 4.90. The molecule has 1 saturated heterocycles. The molecule has 2 amide bonds. The molecule has 1 unspecified atom stereocenters. The van der Waals surface area contributed by atoms with Crippen molar-refractivity contribution in [3.8, 4) is 0 Å². The quantitative estimate of drug-likeness (QED) is 0.869. The van der Waals surface area contributed by atoms with Crippen LogP contribution in [0.3, 0.4) is 0 Å². The second kappa shape index (κ2) is 7.91. The molecule has 25 heavy (non-hydrogen) atoms. The third kappa shape index (κ3) is 4.15. The molecule has 5 heteroatoms. The van der Waals surface area contributed by atoms with Crippen molar-refractivity contribution in [1.29, 1.82) is 0 Å². The summed E-state index contributed by atoms with van der Waals surface area (Å²) in [6, 6.07) is 7.88. The van der Waals surface area contributed by atoms with Gasteiger partial charge >= 0.3 is 6.03 Å². The van der Waals surface area contributed by atoms with E-state index in [4.69, 9.17) is 9.15 Å². The molecule has 1 aliphatic rings. The van der Waals surface area contributed by atoms with Crippen LogP contribution in [0.5, 0.6) is 0 Å². The Balaban J connectivity index is 1.74. The van der Waals surface area contributed by atoms with Gasteiger partial charge in [0.1, 0.15) is 11.3 Å². The zero-order valence-electron chi connectivity index (χ0n) is 15.3. The Labute approximate surface area is 149 Å². The lowest BCUT2D eigenvalue weighted by Crippen LogP contribution is -2.44. The highest BCUT2D eigenvalue weighted by Crippen LogP contribution is 2.32. The lowest BCUT2D eigenvalue weighted by molar-refractivity contribution is 0.142. The highest BCUT2D eigenvalue weighted by Gasteiger charge is 2.26. The van der Waals surface area contributed by atoms with E-state index in [1.54, 1.807) is 0 Å². The number of urea groups is 1. The van der Waals surface area contributed by atoms with Gasteiger partial charge in [-0.25, -0.2) is 4.79 Å². The smallest absolute Gasteiger partial charge is 0.315 e. The number of fused-ring (bicyclic) bond motifs is 1. The summed E-state index contributed by atoms with van der Waals surface area (Å²) in [4.78, 5) is 12.5. The molecule has 2 heterocycles. The van der Waals surface area contributed by atoms with Crippen molar-refractivity contribution in [3.63, 3.8) is 0 Å². The number of para-hydroxylation sites is 1. The molecule has 0 bridgehead atoms. The third-order valence-electron chi connectivity index (χ3n) is 4.90. The van der Waals surface area contributed by atoms with Gasteiger partial charge in [0, 0.05) is 30.2 Å². The van der Waals surface area contributed by atoms with Crippen molar-refractivity contribution >= 4 is 17.0 Å². The van der Waals surface area contributed by atoms with Crippen molar-refractivity contribution < 1.29 is 13.9 Å². The summed E-state index contributed by atoms with van der Waals surface area (Å²) in [6.07, 6.45) is 2.81.